The Morgan fingerprint density at radius 3 is 2.49 bits per heavy atom. The normalized spacial score (nSPS) is 24.0. The number of rotatable bonds is 4. The number of fused-ring (bicyclic) bond motifs is 1. The lowest BCUT2D eigenvalue weighted by atomic mass is 9.85. The lowest BCUT2D eigenvalue weighted by Gasteiger charge is -2.29. The van der Waals surface area contributed by atoms with Crippen molar-refractivity contribution in [3.63, 3.8) is 0 Å². The number of carbonyl (C=O) groups is 2. The third-order valence-electron chi connectivity index (χ3n) is 6.56. The highest BCUT2D eigenvalue weighted by molar-refractivity contribution is 7.16. The van der Waals surface area contributed by atoms with Crippen LogP contribution in [-0.2, 0) is 28.1 Å². The fraction of sp³-hybridized carbons (Fsp3) is 0.435. The highest BCUT2D eigenvalue weighted by Gasteiger charge is 2.62. The van der Waals surface area contributed by atoms with Gasteiger partial charge in [-0.3, -0.25) is 9.59 Å². The number of thiophene rings is 1. The van der Waals surface area contributed by atoms with E-state index in [1.807, 2.05) is 0 Å². The number of hydrogen-bond acceptors (Lipinski definition) is 5. The molecule has 1 aromatic carbocycles. The molecule has 186 valence electrons. The number of nitrogens with one attached hydrogen (secondary N) is 2. The van der Waals surface area contributed by atoms with Gasteiger partial charge in [0.05, 0.1) is 16.2 Å². The van der Waals surface area contributed by atoms with E-state index in [4.69, 9.17) is 28.0 Å². The molecule has 0 saturated carbocycles. The first kappa shape index (κ1) is 24.4. The third kappa shape index (κ3) is 4.29. The van der Waals surface area contributed by atoms with E-state index in [0.717, 1.165) is 35.3 Å². The number of oxime groups is 1. The minimum Gasteiger partial charge on any atom is -0.374 e. The van der Waals surface area contributed by atoms with Crippen molar-refractivity contribution in [1.82, 2.24) is 10.6 Å². The van der Waals surface area contributed by atoms with Gasteiger partial charge in [0.1, 0.15) is 11.8 Å². The van der Waals surface area contributed by atoms with E-state index < -0.39 is 30.1 Å². The standard InChI is InChI=1S/C23H20Cl2F3N3O3S/c24-12-7-11(8-13(25)9-12)22(23(26,27)28)10-17(31-34-22)18-14-3-1-2-4-15(14)19(35-18)21(33)30-16-5-6-29-20(16)32/h7-9,16H,1-6,10H2,(H,29,32)(H,30,33)/t16-,22?/m1/s1. The minimum atomic E-state index is -4.81. The van der Waals surface area contributed by atoms with Gasteiger partial charge >= 0.3 is 6.18 Å². The largest absolute Gasteiger partial charge is 0.435 e. The van der Waals surface area contributed by atoms with E-state index in [-0.39, 0.29) is 27.2 Å². The predicted octanol–water partition coefficient (Wildman–Crippen LogP) is 5.13. The zero-order valence-electron chi connectivity index (χ0n) is 18.2. The van der Waals surface area contributed by atoms with E-state index in [1.54, 1.807) is 0 Å². The highest BCUT2D eigenvalue weighted by Crippen LogP contribution is 2.51. The Hall–Kier alpha value is -2.30. The number of amides is 2. The molecular weight excluding hydrogens is 526 g/mol. The maximum Gasteiger partial charge on any atom is 0.435 e. The zero-order valence-corrected chi connectivity index (χ0v) is 20.6. The van der Waals surface area contributed by atoms with Crippen LogP contribution in [0.2, 0.25) is 10.0 Å². The van der Waals surface area contributed by atoms with Gasteiger partial charge < -0.3 is 15.5 Å². The molecule has 0 bridgehead atoms. The van der Waals surface area contributed by atoms with Gasteiger partial charge in [-0.2, -0.15) is 13.2 Å². The predicted molar refractivity (Wildman–Crippen MR) is 126 cm³/mol. The van der Waals surface area contributed by atoms with Crippen LogP contribution in [0.1, 0.15) is 56.9 Å². The lowest BCUT2D eigenvalue weighted by molar-refractivity contribution is -0.275. The van der Waals surface area contributed by atoms with Crippen LogP contribution in [0.3, 0.4) is 0 Å². The summed E-state index contributed by atoms with van der Waals surface area (Å²) in [5, 5.41) is 9.42. The Morgan fingerprint density at radius 2 is 1.86 bits per heavy atom. The summed E-state index contributed by atoms with van der Waals surface area (Å²) in [7, 11) is 0. The Morgan fingerprint density at radius 1 is 1.17 bits per heavy atom. The summed E-state index contributed by atoms with van der Waals surface area (Å²) in [5.74, 6) is -0.641. The number of benzene rings is 1. The summed E-state index contributed by atoms with van der Waals surface area (Å²) in [6.07, 6.45) is -1.92. The average molecular weight is 546 g/mol. The molecule has 1 unspecified atom stereocenters. The fourth-order valence-electron chi connectivity index (χ4n) is 4.82. The molecule has 3 heterocycles. The molecule has 5 rings (SSSR count). The molecule has 2 N–H and O–H groups in total. The quantitative estimate of drug-likeness (QED) is 0.558. The molecule has 6 nitrogen and oxygen atoms in total. The minimum absolute atomic E-state index is 0.0524. The molecule has 35 heavy (non-hydrogen) atoms. The second-order valence-electron chi connectivity index (χ2n) is 8.82. The van der Waals surface area contributed by atoms with E-state index in [1.165, 1.54) is 18.2 Å². The molecule has 2 aromatic rings. The molecule has 2 aliphatic heterocycles. The van der Waals surface area contributed by atoms with E-state index in [2.05, 4.69) is 15.8 Å². The molecular formula is C23H20Cl2F3N3O3S. The molecule has 1 fully saturated rings. The second kappa shape index (κ2) is 8.97. The van der Waals surface area contributed by atoms with Crippen molar-refractivity contribution < 1.29 is 27.6 Å². The molecule has 12 heteroatoms. The van der Waals surface area contributed by atoms with Gasteiger partial charge in [0.25, 0.3) is 11.5 Å². The van der Waals surface area contributed by atoms with Crippen LogP contribution in [0.25, 0.3) is 0 Å². The zero-order chi connectivity index (χ0) is 25.0. The van der Waals surface area contributed by atoms with Gasteiger partial charge in [0.2, 0.25) is 5.91 Å². The second-order valence-corrected chi connectivity index (χ2v) is 10.7. The summed E-state index contributed by atoms with van der Waals surface area (Å²) < 4.78 is 43.2. The molecule has 1 aliphatic carbocycles. The van der Waals surface area contributed by atoms with Crippen molar-refractivity contribution in [2.24, 2.45) is 5.16 Å². The molecule has 0 radical (unpaired) electrons. The van der Waals surface area contributed by atoms with Gasteiger partial charge in [-0.25, -0.2) is 0 Å². The number of alkyl halides is 3. The van der Waals surface area contributed by atoms with Gasteiger partial charge in [-0.05, 0) is 61.4 Å². The highest BCUT2D eigenvalue weighted by atomic mass is 35.5. The van der Waals surface area contributed by atoms with Crippen molar-refractivity contribution >= 4 is 52.1 Å². The number of hydrogen-bond donors (Lipinski definition) is 2. The summed E-state index contributed by atoms with van der Waals surface area (Å²) in [4.78, 5) is 31.1. The molecule has 2 atom stereocenters. The molecule has 2 amide bonds. The van der Waals surface area contributed by atoms with Crippen LogP contribution in [-0.4, -0.2) is 36.3 Å². The average Bonchev–Trinajstić information content (AvgIpc) is 3.50. The van der Waals surface area contributed by atoms with E-state index in [0.29, 0.717) is 35.6 Å². The topological polar surface area (TPSA) is 79.8 Å². The van der Waals surface area contributed by atoms with E-state index in [9.17, 15) is 22.8 Å². The fourth-order valence-corrected chi connectivity index (χ4v) is 6.62. The maximum atomic E-state index is 14.4. The first-order chi connectivity index (χ1) is 16.6. The van der Waals surface area contributed by atoms with Crippen molar-refractivity contribution in [1.29, 1.82) is 0 Å². The van der Waals surface area contributed by atoms with Gasteiger partial charge in [0, 0.05) is 22.2 Å². The van der Waals surface area contributed by atoms with Crippen LogP contribution in [0.4, 0.5) is 13.2 Å². The maximum absolute atomic E-state index is 14.4. The summed E-state index contributed by atoms with van der Waals surface area (Å²) in [6, 6.07) is 3.08. The van der Waals surface area contributed by atoms with Crippen molar-refractivity contribution in [2.45, 2.75) is 56.3 Å². The summed E-state index contributed by atoms with van der Waals surface area (Å²) in [6.45, 7) is 0.485. The van der Waals surface area contributed by atoms with Crippen molar-refractivity contribution in [2.75, 3.05) is 6.54 Å². The Labute approximate surface area is 212 Å². The van der Waals surface area contributed by atoms with Crippen LogP contribution in [0, 0.1) is 0 Å². The Kier molecular flexibility index (Phi) is 6.26. The van der Waals surface area contributed by atoms with Crippen LogP contribution >= 0.6 is 34.5 Å². The SMILES string of the molecule is O=C(N[C@@H]1CCNC1=O)c1sc(C2=NOC(c3cc(Cl)cc(Cl)c3)(C(F)(F)F)C2)c2c1CCCC2. The molecule has 1 saturated heterocycles. The number of nitrogens with zero attached hydrogens (tertiary/aromatic N) is 1. The monoisotopic (exact) mass is 545 g/mol. The number of carbonyl (C=O) groups excluding carboxylic acids is 2. The molecule has 0 spiro atoms. The third-order valence-corrected chi connectivity index (χ3v) is 8.32. The summed E-state index contributed by atoms with van der Waals surface area (Å²) in [5.41, 5.74) is -1.22. The van der Waals surface area contributed by atoms with Crippen LogP contribution in [0.5, 0.6) is 0 Å². The summed E-state index contributed by atoms with van der Waals surface area (Å²) >= 11 is 13.1. The van der Waals surface area contributed by atoms with Gasteiger partial charge in [-0.1, -0.05) is 28.4 Å². The number of halogens is 5. The lowest BCUT2D eigenvalue weighted by Crippen LogP contribution is -2.42. The van der Waals surface area contributed by atoms with Gasteiger partial charge in [-0.15, -0.1) is 11.3 Å². The van der Waals surface area contributed by atoms with Crippen LogP contribution < -0.4 is 10.6 Å². The van der Waals surface area contributed by atoms with Crippen LogP contribution in [0.15, 0.2) is 23.4 Å². The van der Waals surface area contributed by atoms with Gasteiger partial charge in [0.15, 0.2) is 0 Å². The first-order valence-corrected chi connectivity index (χ1v) is 12.7. The van der Waals surface area contributed by atoms with Crippen molar-refractivity contribution in [3.05, 3.63) is 54.7 Å². The van der Waals surface area contributed by atoms with E-state index >= 15 is 0 Å². The Bertz CT molecular complexity index is 1230. The smallest absolute Gasteiger partial charge is 0.374 e. The molecule has 1 aromatic heterocycles. The first-order valence-electron chi connectivity index (χ1n) is 11.1. The molecule has 3 aliphatic rings. The Balaban J connectivity index is 1.50. The van der Waals surface area contributed by atoms with Crippen molar-refractivity contribution in [3.8, 4) is 0 Å².